The molecule has 1 saturated carbocycles. The van der Waals surface area contributed by atoms with Crippen molar-refractivity contribution in [2.75, 3.05) is 18.1 Å². The highest BCUT2D eigenvalue weighted by molar-refractivity contribution is 7.99. The lowest BCUT2D eigenvalue weighted by Crippen LogP contribution is -2.33. The normalized spacial score (nSPS) is 30.1. The zero-order valence-corrected chi connectivity index (χ0v) is 11.9. The molecule has 104 valence electrons. The van der Waals surface area contributed by atoms with Crippen LogP contribution in [0.4, 0.5) is 0 Å². The van der Waals surface area contributed by atoms with Crippen molar-refractivity contribution >= 4 is 17.7 Å². The molecule has 0 atom stereocenters. The van der Waals surface area contributed by atoms with Gasteiger partial charge >= 0.3 is 0 Å². The average Bonchev–Trinajstić information content (AvgIpc) is 2.39. The van der Waals surface area contributed by atoms with Gasteiger partial charge in [0.2, 0.25) is 5.91 Å². The molecule has 2 rings (SSSR count). The Labute approximate surface area is 114 Å². The summed E-state index contributed by atoms with van der Waals surface area (Å²) in [5.74, 6) is 3.87. The molecule has 18 heavy (non-hydrogen) atoms. The molecule has 2 aliphatic rings. The number of nitrogens with one attached hydrogen (secondary N) is 1. The summed E-state index contributed by atoms with van der Waals surface area (Å²) in [5.41, 5.74) is 0. The van der Waals surface area contributed by atoms with Gasteiger partial charge in [-0.3, -0.25) is 4.79 Å². The van der Waals surface area contributed by atoms with Gasteiger partial charge in [0.1, 0.15) is 0 Å². The minimum atomic E-state index is -0.100. The Kier molecular flexibility index (Phi) is 5.83. The van der Waals surface area contributed by atoms with Crippen LogP contribution < -0.4 is 5.32 Å². The van der Waals surface area contributed by atoms with Gasteiger partial charge in [-0.1, -0.05) is 0 Å². The molecule has 3 nitrogen and oxygen atoms in total. The number of hydrogen-bond acceptors (Lipinski definition) is 3. The van der Waals surface area contributed by atoms with Crippen LogP contribution in [-0.2, 0) is 4.79 Å². The van der Waals surface area contributed by atoms with E-state index < -0.39 is 0 Å². The van der Waals surface area contributed by atoms with E-state index in [1.165, 1.54) is 24.3 Å². The summed E-state index contributed by atoms with van der Waals surface area (Å²) < 4.78 is 0. The van der Waals surface area contributed by atoms with Gasteiger partial charge in [-0.15, -0.1) is 0 Å². The third kappa shape index (κ3) is 4.81. The fourth-order valence-electron chi connectivity index (χ4n) is 2.89. The highest BCUT2D eigenvalue weighted by Gasteiger charge is 2.21. The molecule has 2 fully saturated rings. The van der Waals surface area contributed by atoms with Crippen LogP contribution in [0, 0.1) is 11.8 Å². The first-order chi connectivity index (χ1) is 8.74. The van der Waals surface area contributed by atoms with Crippen LogP contribution in [0.3, 0.4) is 0 Å². The predicted molar refractivity (Wildman–Crippen MR) is 75.6 cm³/mol. The van der Waals surface area contributed by atoms with Crippen LogP contribution in [0.15, 0.2) is 0 Å². The summed E-state index contributed by atoms with van der Waals surface area (Å²) in [6.07, 6.45) is 6.94. The predicted octanol–water partition coefficient (Wildman–Crippen LogP) is 2.19. The van der Waals surface area contributed by atoms with Gasteiger partial charge in [0.25, 0.3) is 0 Å². The third-order valence-corrected chi connectivity index (χ3v) is 5.27. The Morgan fingerprint density at radius 2 is 1.72 bits per heavy atom. The minimum absolute atomic E-state index is 0.100. The summed E-state index contributed by atoms with van der Waals surface area (Å²) in [4.78, 5) is 11.9. The standard InChI is InChI=1S/C14H25NO2S/c16-13-3-1-12(2-4-13)10-15-14(17)9-11-5-7-18-8-6-11/h11-13,16H,1-10H2,(H,15,17). The minimum Gasteiger partial charge on any atom is -0.393 e. The van der Waals surface area contributed by atoms with E-state index in [0.29, 0.717) is 11.8 Å². The number of carbonyl (C=O) groups is 1. The van der Waals surface area contributed by atoms with E-state index in [-0.39, 0.29) is 12.0 Å². The van der Waals surface area contributed by atoms with Crippen molar-refractivity contribution in [3.8, 4) is 0 Å². The first-order valence-corrected chi connectivity index (χ1v) is 8.42. The topological polar surface area (TPSA) is 49.3 Å². The molecule has 1 saturated heterocycles. The van der Waals surface area contributed by atoms with Crippen molar-refractivity contribution < 1.29 is 9.90 Å². The number of amides is 1. The fourth-order valence-corrected chi connectivity index (χ4v) is 4.10. The van der Waals surface area contributed by atoms with Crippen molar-refractivity contribution in [2.45, 2.75) is 51.0 Å². The van der Waals surface area contributed by atoms with Gasteiger partial charge in [0.05, 0.1) is 6.10 Å². The maximum atomic E-state index is 11.9. The zero-order valence-electron chi connectivity index (χ0n) is 11.1. The molecule has 2 N–H and O–H groups in total. The van der Waals surface area contributed by atoms with Gasteiger partial charge in [-0.05, 0) is 61.9 Å². The number of hydrogen-bond donors (Lipinski definition) is 2. The van der Waals surface area contributed by atoms with E-state index in [1.54, 1.807) is 0 Å². The van der Waals surface area contributed by atoms with Gasteiger partial charge in [0.15, 0.2) is 0 Å². The summed E-state index contributed by atoms with van der Waals surface area (Å²) in [5, 5.41) is 12.5. The molecular weight excluding hydrogens is 246 g/mol. The van der Waals surface area contributed by atoms with E-state index in [4.69, 9.17) is 0 Å². The van der Waals surface area contributed by atoms with Crippen LogP contribution in [0.1, 0.15) is 44.9 Å². The molecule has 4 heteroatoms. The number of rotatable bonds is 4. The maximum absolute atomic E-state index is 11.9. The van der Waals surface area contributed by atoms with E-state index in [1.807, 2.05) is 11.8 Å². The summed E-state index contributed by atoms with van der Waals surface area (Å²) in [6.45, 7) is 0.813. The molecule has 0 aromatic heterocycles. The van der Waals surface area contributed by atoms with Gasteiger partial charge in [0, 0.05) is 13.0 Å². The van der Waals surface area contributed by atoms with Crippen molar-refractivity contribution in [1.82, 2.24) is 5.32 Å². The molecule has 0 bridgehead atoms. The number of aliphatic hydroxyl groups is 1. The van der Waals surface area contributed by atoms with Crippen LogP contribution in [0.2, 0.25) is 0 Å². The largest absolute Gasteiger partial charge is 0.393 e. The monoisotopic (exact) mass is 271 g/mol. The molecule has 0 aromatic rings. The number of carbonyl (C=O) groups excluding carboxylic acids is 1. The van der Waals surface area contributed by atoms with Crippen LogP contribution in [0.5, 0.6) is 0 Å². The average molecular weight is 271 g/mol. The first-order valence-electron chi connectivity index (χ1n) is 7.26. The van der Waals surface area contributed by atoms with Crippen molar-refractivity contribution in [2.24, 2.45) is 11.8 Å². The van der Waals surface area contributed by atoms with E-state index in [0.717, 1.165) is 38.6 Å². The van der Waals surface area contributed by atoms with Gasteiger partial charge in [-0.25, -0.2) is 0 Å². The van der Waals surface area contributed by atoms with Gasteiger partial charge in [-0.2, -0.15) is 11.8 Å². The second-order valence-electron chi connectivity index (χ2n) is 5.74. The van der Waals surface area contributed by atoms with Crippen LogP contribution >= 0.6 is 11.8 Å². The molecule has 0 aromatic carbocycles. The fraction of sp³-hybridized carbons (Fsp3) is 0.929. The van der Waals surface area contributed by atoms with Crippen molar-refractivity contribution in [1.29, 1.82) is 0 Å². The lowest BCUT2D eigenvalue weighted by atomic mass is 9.87. The van der Waals surface area contributed by atoms with Crippen LogP contribution in [0.25, 0.3) is 0 Å². The Morgan fingerprint density at radius 3 is 2.39 bits per heavy atom. The lowest BCUT2D eigenvalue weighted by molar-refractivity contribution is -0.122. The molecule has 0 radical (unpaired) electrons. The Balaban J connectivity index is 1.59. The van der Waals surface area contributed by atoms with Crippen molar-refractivity contribution in [3.63, 3.8) is 0 Å². The first kappa shape index (κ1) is 14.2. The Morgan fingerprint density at radius 1 is 1.06 bits per heavy atom. The van der Waals surface area contributed by atoms with Crippen molar-refractivity contribution in [3.05, 3.63) is 0 Å². The van der Waals surface area contributed by atoms with E-state index in [9.17, 15) is 9.90 Å². The number of aliphatic hydroxyl groups excluding tert-OH is 1. The molecule has 1 aliphatic carbocycles. The lowest BCUT2D eigenvalue weighted by Gasteiger charge is -2.26. The highest BCUT2D eigenvalue weighted by Crippen LogP contribution is 2.26. The summed E-state index contributed by atoms with van der Waals surface area (Å²) >= 11 is 2.01. The Bertz CT molecular complexity index is 259. The third-order valence-electron chi connectivity index (χ3n) is 4.22. The molecule has 0 unspecified atom stereocenters. The molecule has 1 aliphatic heterocycles. The summed E-state index contributed by atoms with van der Waals surface area (Å²) in [7, 11) is 0. The molecule has 1 heterocycles. The Hall–Kier alpha value is -0.220. The molecule has 1 amide bonds. The zero-order chi connectivity index (χ0) is 12.8. The summed E-state index contributed by atoms with van der Waals surface area (Å²) in [6, 6.07) is 0. The molecular formula is C14H25NO2S. The SMILES string of the molecule is O=C(CC1CCSCC1)NCC1CCC(O)CC1. The second kappa shape index (κ2) is 7.39. The van der Waals surface area contributed by atoms with E-state index >= 15 is 0 Å². The second-order valence-corrected chi connectivity index (χ2v) is 6.96. The maximum Gasteiger partial charge on any atom is 0.220 e. The van der Waals surface area contributed by atoms with E-state index in [2.05, 4.69) is 5.32 Å². The van der Waals surface area contributed by atoms with Gasteiger partial charge < -0.3 is 10.4 Å². The molecule has 0 spiro atoms. The van der Waals surface area contributed by atoms with Crippen LogP contribution in [-0.4, -0.2) is 35.2 Å². The highest BCUT2D eigenvalue weighted by atomic mass is 32.2. The smallest absolute Gasteiger partial charge is 0.220 e. The number of thioether (sulfide) groups is 1. The quantitative estimate of drug-likeness (QED) is 0.824.